The van der Waals surface area contributed by atoms with Gasteiger partial charge in [0.15, 0.2) is 5.78 Å². The van der Waals surface area contributed by atoms with Crippen molar-refractivity contribution in [3.8, 4) is 0 Å². The maximum atomic E-state index is 12.0. The first kappa shape index (κ1) is 15.6. The van der Waals surface area contributed by atoms with E-state index in [0.717, 1.165) is 32.1 Å². The maximum Gasteiger partial charge on any atom is 0.158 e. The standard InChI is InChI=1S/C19H24O2/c1-3-15-5-4-6-18(13-15)16-8-10-17(11-9-16)19(21)12-7-14(2)20/h4-7,12-13,16-17,20H,2-3,8-11H2,1H3/b12-7+. The molecule has 0 aliphatic heterocycles. The summed E-state index contributed by atoms with van der Waals surface area (Å²) in [6.45, 7) is 5.53. The molecule has 1 aromatic carbocycles. The van der Waals surface area contributed by atoms with E-state index < -0.39 is 0 Å². The zero-order chi connectivity index (χ0) is 15.2. The second-order valence-corrected chi connectivity index (χ2v) is 5.87. The number of aliphatic hydroxyl groups excluding tert-OH is 1. The van der Waals surface area contributed by atoms with Crippen LogP contribution in [-0.2, 0) is 11.2 Å². The molecule has 0 amide bonds. The number of carbonyl (C=O) groups excluding carboxylic acids is 1. The summed E-state index contributed by atoms with van der Waals surface area (Å²) in [5.74, 6) is 0.739. The van der Waals surface area contributed by atoms with Crippen LogP contribution in [0.5, 0.6) is 0 Å². The monoisotopic (exact) mass is 284 g/mol. The number of allylic oxidation sites excluding steroid dienone is 2. The van der Waals surface area contributed by atoms with E-state index in [1.807, 2.05) is 0 Å². The normalized spacial score (nSPS) is 22.3. The van der Waals surface area contributed by atoms with Gasteiger partial charge in [-0.25, -0.2) is 0 Å². The summed E-state index contributed by atoms with van der Waals surface area (Å²) in [6, 6.07) is 8.83. The van der Waals surface area contributed by atoms with Gasteiger partial charge < -0.3 is 5.11 Å². The van der Waals surface area contributed by atoms with Crippen LogP contribution in [0.3, 0.4) is 0 Å². The number of aryl methyl sites for hydroxylation is 1. The largest absolute Gasteiger partial charge is 0.509 e. The Hall–Kier alpha value is -1.83. The van der Waals surface area contributed by atoms with Gasteiger partial charge in [-0.1, -0.05) is 37.8 Å². The van der Waals surface area contributed by atoms with Crippen LogP contribution >= 0.6 is 0 Å². The summed E-state index contributed by atoms with van der Waals surface area (Å²) in [4.78, 5) is 12.0. The van der Waals surface area contributed by atoms with Gasteiger partial charge in [-0.15, -0.1) is 0 Å². The minimum Gasteiger partial charge on any atom is -0.509 e. The predicted octanol–water partition coefficient (Wildman–Crippen LogP) is 4.72. The van der Waals surface area contributed by atoms with Gasteiger partial charge in [0, 0.05) is 5.92 Å². The third kappa shape index (κ3) is 4.32. The van der Waals surface area contributed by atoms with Crippen LogP contribution in [0.2, 0.25) is 0 Å². The van der Waals surface area contributed by atoms with Gasteiger partial charge in [-0.3, -0.25) is 4.79 Å². The molecule has 1 aromatic rings. The Morgan fingerprint density at radius 3 is 2.62 bits per heavy atom. The van der Waals surface area contributed by atoms with Crippen LogP contribution in [-0.4, -0.2) is 10.9 Å². The molecule has 0 unspecified atom stereocenters. The number of benzene rings is 1. The number of ketones is 1. The minimum atomic E-state index is -0.0617. The molecule has 21 heavy (non-hydrogen) atoms. The van der Waals surface area contributed by atoms with Gasteiger partial charge >= 0.3 is 0 Å². The van der Waals surface area contributed by atoms with Gasteiger partial charge in [0.25, 0.3) is 0 Å². The van der Waals surface area contributed by atoms with E-state index in [1.165, 1.54) is 23.3 Å². The number of hydrogen-bond donors (Lipinski definition) is 1. The van der Waals surface area contributed by atoms with E-state index in [2.05, 4.69) is 37.8 Å². The highest BCUT2D eigenvalue weighted by Gasteiger charge is 2.25. The van der Waals surface area contributed by atoms with E-state index in [1.54, 1.807) is 0 Å². The van der Waals surface area contributed by atoms with Crippen LogP contribution in [0.25, 0.3) is 0 Å². The molecule has 1 N–H and O–H groups in total. The Morgan fingerprint density at radius 1 is 1.29 bits per heavy atom. The lowest BCUT2D eigenvalue weighted by Crippen LogP contribution is -2.19. The van der Waals surface area contributed by atoms with E-state index >= 15 is 0 Å². The van der Waals surface area contributed by atoms with Crippen molar-refractivity contribution >= 4 is 5.78 Å². The van der Waals surface area contributed by atoms with Crippen molar-refractivity contribution in [2.45, 2.75) is 44.9 Å². The molecule has 1 saturated carbocycles. The Morgan fingerprint density at radius 2 is 2.00 bits per heavy atom. The van der Waals surface area contributed by atoms with E-state index in [4.69, 9.17) is 5.11 Å². The fourth-order valence-corrected chi connectivity index (χ4v) is 3.09. The molecule has 0 spiro atoms. The van der Waals surface area contributed by atoms with Crippen molar-refractivity contribution in [2.24, 2.45) is 5.92 Å². The Bertz CT molecular complexity index is 534. The molecule has 0 saturated heterocycles. The van der Waals surface area contributed by atoms with Gasteiger partial charge in [-0.2, -0.15) is 0 Å². The van der Waals surface area contributed by atoms with Crippen molar-refractivity contribution < 1.29 is 9.90 Å². The number of carbonyl (C=O) groups is 1. The SMILES string of the molecule is C=C(O)/C=C/C(=O)C1CCC(c2cccc(CC)c2)CC1. The van der Waals surface area contributed by atoms with Crippen molar-refractivity contribution in [2.75, 3.05) is 0 Å². The van der Waals surface area contributed by atoms with E-state index in [0.29, 0.717) is 5.92 Å². The molecular formula is C19H24O2. The van der Waals surface area contributed by atoms with Crippen molar-refractivity contribution in [1.82, 2.24) is 0 Å². The molecule has 0 bridgehead atoms. The number of rotatable bonds is 5. The minimum absolute atomic E-state index is 0.0617. The average molecular weight is 284 g/mol. The first-order valence-electron chi connectivity index (χ1n) is 7.78. The maximum absolute atomic E-state index is 12.0. The molecule has 0 radical (unpaired) electrons. The lowest BCUT2D eigenvalue weighted by molar-refractivity contribution is -0.119. The zero-order valence-electron chi connectivity index (χ0n) is 12.7. The molecule has 2 nitrogen and oxygen atoms in total. The van der Waals surface area contributed by atoms with Crippen molar-refractivity contribution in [1.29, 1.82) is 0 Å². The van der Waals surface area contributed by atoms with Crippen molar-refractivity contribution in [3.05, 3.63) is 59.9 Å². The Labute approximate surface area is 127 Å². The molecule has 0 atom stereocenters. The summed E-state index contributed by atoms with van der Waals surface area (Å²) >= 11 is 0. The van der Waals surface area contributed by atoms with Crippen LogP contribution < -0.4 is 0 Å². The molecule has 2 rings (SSSR count). The Balaban J connectivity index is 1.93. The first-order chi connectivity index (χ1) is 10.1. The van der Waals surface area contributed by atoms with Crippen LogP contribution in [0, 0.1) is 5.92 Å². The fraction of sp³-hybridized carbons (Fsp3) is 0.421. The molecule has 0 aromatic heterocycles. The topological polar surface area (TPSA) is 37.3 Å². The third-order valence-electron chi connectivity index (χ3n) is 4.40. The van der Waals surface area contributed by atoms with Gasteiger partial charge in [0.2, 0.25) is 0 Å². The molecule has 2 heteroatoms. The Kier molecular flexibility index (Phi) is 5.38. The van der Waals surface area contributed by atoms with Gasteiger partial charge in [-0.05, 0) is 61.3 Å². The predicted molar refractivity (Wildman–Crippen MR) is 86.4 cm³/mol. The summed E-state index contributed by atoms with van der Waals surface area (Å²) in [5, 5.41) is 9.01. The highest BCUT2D eigenvalue weighted by atomic mass is 16.3. The summed E-state index contributed by atoms with van der Waals surface area (Å²) < 4.78 is 0. The summed E-state index contributed by atoms with van der Waals surface area (Å²) in [5.41, 5.74) is 2.80. The smallest absolute Gasteiger partial charge is 0.158 e. The number of aliphatic hydroxyl groups is 1. The lowest BCUT2D eigenvalue weighted by atomic mass is 9.77. The first-order valence-corrected chi connectivity index (χ1v) is 7.78. The van der Waals surface area contributed by atoms with Crippen LogP contribution in [0.15, 0.2) is 48.8 Å². The van der Waals surface area contributed by atoms with Crippen molar-refractivity contribution in [3.63, 3.8) is 0 Å². The van der Waals surface area contributed by atoms with Gasteiger partial charge in [0.05, 0.1) is 0 Å². The molecule has 1 aliphatic carbocycles. The second-order valence-electron chi connectivity index (χ2n) is 5.87. The van der Waals surface area contributed by atoms with E-state index in [-0.39, 0.29) is 17.5 Å². The quantitative estimate of drug-likeness (QED) is 0.482. The fourth-order valence-electron chi connectivity index (χ4n) is 3.09. The lowest BCUT2D eigenvalue weighted by Gasteiger charge is -2.27. The molecular weight excluding hydrogens is 260 g/mol. The second kappa shape index (κ2) is 7.26. The van der Waals surface area contributed by atoms with Crippen LogP contribution in [0.4, 0.5) is 0 Å². The summed E-state index contributed by atoms with van der Waals surface area (Å²) in [7, 11) is 0. The third-order valence-corrected chi connectivity index (χ3v) is 4.40. The average Bonchev–Trinajstić information content (AvgIpc) is 2.52. The molecule has 1 aliphatic rings. The highest BCUT2D eigenvalue weighted by molar-refractivity contribution is 5.92. The molecule has 112 valence electrons. The zero-order valence-corrected chi connectivity index (χ0v) is 12.7. The van der Waals surface area contributed by atoms with E-state index in [9.17, 15) is 4.79 Å². The molecule has 0 heterocycles. The van der Waals surface area contributed by atoms with Gasteiger partial charge in [0.1, 0.15) is 5.76 Å². The number of hydrogen-bond acceptors (Lipinski definition) is 2. The highest BCUT2D eigenvalue weighted by Crippen LogP contribution is 2.36. The molecule has 1 fully saturated rings. The van der Waals surface area contributed by atoms with Crippen LogP contribution in [0.1, 0.15) is 49.7 Å². The summed E-state index contributed by atoms with van der Waals surface area (Å²) in [6.07, 6.45) is 7.92.